The number of carbonyl (C=O) groups is 1. The van der Waals surface area contributed by atoms with Crippen LogP contribution in [0.25, 0.3) is 0 Å². The highest BCUT2D eigenvalue weighted by Crippen LogP contribution is 2.34. The normalized spacial score (nSPS) is 17.4. The maximum absolute atomic E-state index is 12.3. The summed E-state index contributed by atoms with van der Waals surface area (Å²) in [7, 11) is 0. The number of nitrogens with zero attached hydrogens (tertiary/aromatic N) is 1. The number of halogens is 6. The lowest BCUT2D eigenvalue weighted by Gasteiger charge is -2.28. The minimum absolute atomic E-state index is 0.0523. The molecule has 0 radical (unpaired) electrons. The highest BCUT2D eigenvalue weighted by molar-refractivity contribution is 6.69. The van der Waals surface area contributed by atoms with Gasteiger partial charge >= 0.3 is 0 Å². The highest BCUT2D eigenvalue weighted by Gasteiger charge is 2.28. The Kier molecular flexibility index (Phi) is 7.08. The quantitative estimate of drug-likeness (QED) is 0.407. The van der Waals surface area contributed by atoms with Gasteiger partial charge in [-0.2, -0.15) is 0 Å². The smallest absolute Gasteiger partial charge is 0.255 e. The highest BCUT2D eigenvalue weighted by atomic mass is 35.6. The Morgan fingerprint density at radius 2 is 1.63 bits per heavy atom. The molecule has 3 nitrogen and oxygen atoms in total. The van der Waals surface area contributed by atoms with Crippen LogP contribution in [0.3, 0.4) is 0 Å². The molecule has 1 rings (SSSR count). The molecule has 108 valence electrons. The molecule has 0 aliphatic carbocycles. The summed E-state index contributed by atoms with van der Waals surface area (Å²) in [5.74, 6) is -0.418. The number of carbonyl (C=O) groups excluding carboxylic acids is 1. The summed E-state index contributed by atoms with van der Waals surface area (Å²) in [5.41, 5.74) is -0.0523. The van der Waals surface area contributed by atoms with E-state index in [1.54, 1.807) is 0 Å². The van der Waals surface area contributed by atoms with Crippen LogP contribution in [0.5, 0.6) is 0 Å². The number of morpholine rings is 1. The number of rotatable bonds is 2. The van der Waals surface area contributed by atoms with Crippen LogP contribution in [0.2, 0.25) is 0 Å². The first-order valence-electron chi connectivity index (χ1n) is 5.10. The standard InChI is InChI=1S/C10H9Cl6NO2/c11-7(8(12)13)6(5-10(14,15)16)9(18)17-1-3-19-4-2-17/h5H,1-4H2/b6-5+. The van der Waals surface area contributed by atoms with E-state index < -0.39 is 9.70 Å². The Morgan fingerprint density at radius 3 is 2.05 bits per heavy atom. The van der Waals surface area contributed by atoms with Crippen molar-refractivity contribution in [3.63, 3.8) is 0 Å². The monoisotopic (exact) mass is 385 g/mol. The van der Waals surface area contributed by atoms with Gasteiger partial charge in [0.25, 0.3) is 5.91 Å². The van der Waals surface area contributed by atoms with E-state index in [1.807, 2.05) is 0 Å². The van der Waals surface area contributed by atoms with Crippen molar-refractivity contribution in [3.05, 3.63) is 21.2 Å². The summed E-state index contributed by atoms with van der Waals surface area (Å²) in [5, 5.41) is -0.161. The number of allylic oxidation sites excluding steroid dienone is 1. The van der Waals surface area contributed by atoms with Gasteiger partial charge in [0.05, 0.1) is 23.8 Å². The molecule has 0 aromatic carbocycles. The van der Waals surface area contributed by atoms with Gasteiger partial charge in [-0.3, -0.25) is 4.79 Å². The van der Waals surface area contributed by atoms with Crippen molar-refractivity contribution in [1.82, 2.24) is 4.90 Å². The van der Waals surface area contributed by atoms with E-state index in [0.29, 0.717) is 26.3 Å². The van der Waals surface area contributed by atoms with Gasteiger partial charge in [-0.05, 0) is 6.08 Å². The molecule has 0 bridgehead atoms. The zero-order chi connectivity index (χ0) is 14.6. The largest absolute Gasteiger partial charge is 0.378 e. The van der Waals surface area contributed by atoms with Crippen molar-refractivity contribution < 1.29 is 9.53 Å². The summed E-state index contributed by atoms with van der Waals surface area (Å²) in [6.07, 6.45) is 1.09. The van der Waals surface area contributed by atoms with Crippen molar-refractivity contribution in [3.8, 4) is 0 Å². The maximum Gasteiger partial charge on any atom is 0.255 e. The summed E-state index contributed by atoms with van der Waals surface area (Å²) >= 11 is 34.0. The van der Waals surface area contributed by atoms with Gasteiger partial charge in [0.2, 0.25) is 3.79 Å². The third kappa shape index (κ3) is 5.88. The summed E-state index contributed by atoms with van der Waals surface area (Å²) in [4.78, 5) is 13.8. The van der Waals surface area contributed by atoms with Crippen molar-refractivity contribution >= 4 is 75.5 Å². The molecule has 1 aliphatic rings. The van der Waals surface area contributed by atoms with Crippen LogP contribution in [-0.4, -0.2) is 40.9 Å². The van der Waals surface area contributed by atoms with E-state index in [0.717, 1.165) is 6.08 Å². The molecular formula is C10H9Cl6NO2. The van der Waals surface area contributed by atoms with Crippen LogP contribution in [0.4, 0.5) is 0 Å². The summed E-state index contributed by atoms with van der Waals surface area (Å²) in [6, 6.07) is 0. The van der Waals surface area contributed by atoms with Gasteiger partial charge < -0.3 is 9.64 Å². The number of ether oxygens (including phenoxy) is 1. The zero-order valence-electron chi connectivity index (χ0n) is 9.44. The van der Waals surface area contributed by atoms with Gasteiger partial charge in [0.15, 0.2) is 0 Å². The minimum Gasteiger partial charge on any atom is -0.378 e. The fourth-order valence-corrected chi connectivity index (χ4v) is 2.09. The van der Waals surface area contributed by atoms with Gasteiger partial charge in [0.1, 0.15) is 4.49 Å². The lowest BCUT2D eigenvalue weighted by Crippen LogP contribution is -2.41. The van der Waals surface area contributed by atoms with Crippen molar-refractivity contribution in [2.45, 2.75) is 3.79 Å². The second-order valence-corrected chi connectivity index (χ2v) is 7.27. The van der Waals surface area contributed by atoms with Crippen LogP contribution in [-0.2, 0) is 9.53 Å². The molecule has 0 saturated carbocycles. The van der Waals surface area contributed by atoms with E-state index in [-0.39, 0.29) is 15.1 Å². The molecule has 9 heteroatoms. The molecular weight excluding hydrogens is 379 g/mol. The van der Waals surface area contributed by atoms with Gasteiger partial charge in [-0.15, -0.1) is 0 Å². The lowest BCUT2D eigenvalue weighted by molar-refractivity contribution is -0.130. The van der Waals surface area contributed by atoms with E-state index >= 15 is 0 Å². The Bertz CT molecular complexity index is 405. The molecule has 0 N–H and O–H groups in total. The Labute approximate surface area is 140 Å². The van der Waals surface area contributed by atoms with Crippen molar-refractivity contribution in [2.24, 2.45) is 0 Å². The molecule has 1 amide bonds. The molecule has 1 saturated heterocycles. The predicted molar refractivity (Wildman–Crippen MR) is 80.4 cm³/mol. The van der Waals surface area contributed by atoms with Crippen LogP contribution < -0.4 is 0 Å². The number of hydrogen-bond donors (Lipinski definition) is 0. The van der Waals surface area contributed by atoms with Crippen LogP contribution >= 0.6 is 69.6 Å². The lowest BCUT2D eigenvalue weighted by atomic mass is 10.2. The third-order valence-electron chi connectivity index (χ3n) is 2.24. The molecule has 0 spiro atoms. The molecule has 0 unspecified atom stereocenters. The van der Waals surface area contributed by atoms with E-state index in [9.17, 15) is 4.79 Å². The Morgan fingerprint density at radius 1 is 1.11 bits per heavy atom. The second kappa shape index (κ2) is 7.60. The molecule has 1 fully saturated rings. The van der Waals surface area contributed by atoms with Crippen molar-refractivity contribution in [1.29, 1.82) is 0 Å². The topological polar surface area (TPSA) is 29.5 Å². The first-order chi connectivity index (χ1) is 8.72. The molecule has 1 heterocycles. The number of alkyl halides is 3. The number of hydrogen-bond acceptors (Lipinski definition) is 2. The Hall–Kier alpha value is 0.650. The summed E-state index contributed by atoms with van der Waals surface area (Å²) < 4.78 is 3.08. The third-order valence-corrected chi connectivity index (χ3v) is 3.53. The zero-order valence-corrected chi connectivity index (χ0v) is 14.0. The van der Waals surface area contributed by atoms with Gasteiger partial charge in [-0.25, -0.2) is 0 Å². The van der Waals surface area contributed by atoms with Crippen molar-refractivity contribution in [2.75, 3.05) is 26.3 Å². The molecule has 0 aromatic heterocycles. The Balaban J connectivity index is 3.07. The van der Waals surface area contributed by atoms with E-state index in [1.165, 1.54) is 4.90 Å². The predicted octanol–water partition coefficient (Wildman–Crippen LogP) is 4.03. The number of amides is 1. The first kappa shape index (κ1) is 17.7. The average Bonchev–Trinajstić information content (AvgIpc) is 2.34. The van der Waals surface area contributed by atoms with Gasteiger partial charge in [-0.1, -0.05) is 69.6 Å². The van der Waals surface area contributed by atoms with Crippen LogP contribution in [0.1, 0.15) is 0 Å². The van der Waals surface area contributed by atoms with Gasteiger partial charge in [0, 0.05) is 13.1 Å². The van der Waals surface area contributed by atoms with E-state index in [2.05, 4.69) is 0 Å². The molecule has 0 aromatic rings. The fourth-order valence-electron chi connectivity index (χ4n) is 1.42. The second-order valence-electron chi connectivity index (χ2n) is 3.58. The summed E-state index contributed by atoms with van der Waals surface area (Å²) in [6.45, 7) is 1.70. The van der Waals surface area contributed by atoms with Crippen LogP contribution in [0.15, 0.2) is 21.2 Å². The van der Waals surface area contributed by atoms with E-state index in [4.69, 9.17) is 74.3 Å². The fraction of sp³-hybridized carbons (Fsp3) is 0.500. The molecule has 1 aliphatic heterocycles. The minimum atomic E-state index is -1.79. The molecule has 19 heavy (non-hydrogen) atoms. The van der Waals surface area contributed by atoms with Crippen LogP contribution in [0, 0.1) is 0 Å². The maximum atomic E-state index is 12.3. The average molecular weight is 388 g/mol. The molecule has 0 atom stereocenters. The SMILES string of the molecule is O=C(/C(=C/C(Cl)(Cl)Cl)C(Cl)=C(Cl)Cl)N1CCOCC1. The first-order valence-corrected chi connectivity index (χ1v) is 7.37.